The van der Waals surface area contributed by atoms with Crippen molar-refractivity contribution in [3.63, 3.8) is 0 Å². The summed E-state index contributed by atoms with van der Waals surface area (Å²) in [5.41, 5.74) is 2.54. The zero-order chi connectivity index (χ0) is 18.9. The van der Waals surface area contributed by atoms with Crippen LogP contribution in [0.1, 0.15) is 43.7 Å². The van der Waals surface area contributed by atoms with Crippen LogP contribution in [0.5, 0.6) is 0 Å². The van der Waals surface area contributed by atoms with Crippen LogP contribution in [-0.4, -0.2) is 11.8 Å². The Kier molecular flexibility index (Phi) is 5.05. The molecule has 136 valence electrons. The molecule has 3 rings (SSSR count). The van der Waals surface area contributed by atoms with Crippen molar-refractivity contribution in [2.24, 2.45) is 5.41 Å². The van der Waals surface area contributed by atoms with Gasteiger partial charge in [-0.1, -0.05) is 43.6 Å². The van der Waals surface area contributed by atoms with Crippen molar-refractivity contribution in [1.29, 1.82) is 0 Å². The first-order valence-corrected chi connectivity index (χ1v) is 9.19. The van der Waals surface area contributed by atoms with Crippen molar-refractivity contribution < 1.29 is 9.59 Å². The number of carbonyl (C=O) groups excluding carboxylic acids is 2. The molecule has 0 unspecified atom stereocenters. The molecule has 0 saturated heterocycles. The molecule has 1 aliphatic carbocycles. The van der Waals surface area contributed by atoms with E-state index in [0.29, 0.717) is 23.6 Å². The first-order valence-electron chi connectivity index (χ1n) is 8.81. The molecule has 0 heterocycles. The summed E-state index contributed by atoms with van der Waals surface area (Å²) in [5, 5.41) is 6.45. The van der Waals surface area contributed by atoms with Crippen molar-refractivity contribution in [3.05, 3.63) is 58.6 Å². The first-order chi connectivity index (χ1) is 12.3. The molecule has 2 aromatic carbocycles. The SMILES string of the molecule is Cc1cccc(C(C)C)c1NC(=O)C1(C(=O)Nc2ccc(Cl)cc2)CC1. The van der Waals surface area contributed by atoms with Crippen LogP contribution in [0, 0.1) is 12.3 Å². The number of carbonyl (C=O) groups is 2. The van der Waals surface area contributed by atoms with Gasteiger partial charge in [0.15, 0.2) is 0 Å². The summed E-state index contributed by atoms with van der Waals surface area (Å²) in [6.07, 6.45) is 1.11. The largest absolute Gasteiger partial charge is 0.325 e. The number of anilines is 2. The molecular weight excluding hydrogens is 348 g/mol. The van der Waals surface area contributed by atoms with Gasteiger partial charge in [-0.25, -0.2) is 0 Å². The lowest BCUT2D eigenvalue weighted by Gasteiger charge is -2.20. The molecule has 0 atom stereocenters. The van der Waals surface area contributed by atoms with E-state index in [2.05, 4.69) is 24.5 Å². The van der Waals surface area contributed by atoms with Crippen LogP contribution in [0.25, 0.3) is 0 Å². The third kappa shape index (κ3) is 3.61. The van der Waals surface area contributed by atoms with Gasteiger partial charge in [0.2, 0.25) is 11.8 Å². The molecule has 4 nitrogen and oxygen atoms in total. The molecule has 1 aliphatic rings. The highest BCUT2D eigenvalue weighted by Crippen LogP contribution is 2.48. The summed E-state index contributed by atoms with van der Waals surface area (Å²) in [6.45, 7) is 6.14. The second-order valence-corrected chi connectivity index (χ2v) is 7.63. The summed E-state index contributed by atoms with van der Waals surface area (Å²) < 4.78 is 0. The lowest BCUT2D eigenvalue weighted by molar-refractivity contribution is -0.131. The number of rotatable bonds is 5. The Labute approximate surface area is 158 Å². The minimum Gasteiger partial charge on any atom is -0.325 e. The fourth-order valence-electron chi connectivity index (χ4n) is 3.04. The van der Waals surface area contributed by atoms with E-state index < -0.39 is 5.41 Å². The van der Waals surface area contributed by atoms with Gasteiger partial charge < -0.3 is 10.6 Å². The highest BCUT2D eigenvalue weighted by atomic mass is 35.5. The van der Waals surface area contributed by atoms with Crippen molar-refractivity contribution in [2.45, 2.75) is 39.5 Å². The van der Waals surface area contributed by atoms with E-state index in [4.69, 9.17) is 11.6 Å². The zero-order valence-electron chi connectivity index (χ0n) is 15.2. The lowest BCUT2D eigenvalue weighted by atomic mass is 9.97. The third-order valence-corrected chi connectivity index (χ3v) is 5.14. The maximum Gasteiger partial charge on any atom is 0.240 e. The van der Waals surface area contributed by atoms with Gasteiger partial charge in [-0.15, -0.1) is 0 Å². The van der Waals surface area contributed by atoms with E-state index in [-0.39, 0.29) is 17.7 Å². The smallest absolute Gasteiger partial charge is 0.240 e. The molecule has 2 amide bonds. The Balaban J connectivity index is 1.77. The van der Waals surface area contributed by atoms with Crippen molar-refractivity contribution >= 4 is 34.8 Å². The van der Waals surface area contributed by atoms with Crippen molar-refractivity contribution in [2.75, 3.05) is 10.6 Å². The van der Waals surface area contributed by atoms with E-state index in [1.807, 2.05) is 25.1 Å². The number of halogens is 1. The Bertz CT molecular complexity index is 840. The Morgan fingerprint density at radius 3 is 2.19 bits per heavy atom. The van der Waals surface area contributed by atoms with Crippen molar-refractivity contribution in [3.8, 4) is 0 Å². The van der Waals surface area contributed by atoms with Crippen LogP contribution in [0.15, 0.2) is 42.5 Å². The quantitative estimate of drug-likeness (QED) is 0.717. The standard InChI is InChI=1S/C21H23ClN2O2/c1-13(2)17-6-4-5-14(3)18(17)24-20(26)21(11-12-21)19(25)23-16-9-7-15(22)8-10-16/h4-10,13H,11-12H2,1-3H3,(H,23,25)(H,24,26). The van der Waals surface area contributed by atoms with Crippen LogP contribution in [-0.2, 0) is 9.59 Å². The molecule has 0 aliphatic heterocycles. The number of para-hydroxylation sites is 1. The van der Waals surface area contributed by atoms with E-state index in [9.17, 15) is 9.59 Å². The number of amides is 2. The van der Waals surface area contributed by atoms with Crippen molar-refractivity contribution in [1.82, 2.24) is 0 Å². The van der Waals surface area contributed by atoms with Crippen LogP contribution in [0.3, 0.4) is 0 Å². The number of benzene rings is 2. The van der Waals surface area contributed by atoms with E-state index in [0.717, 1.165) is 16.8 Å². The fourth-order valence-corrected chi connectivity index (χ4v) is 3.17. The molecule has 5 heteroatoms. The van der Waals surface area contributed by atoms with Crippen LogP contribution >= 0.6 is 11.6 Å². The van der Waals surface area contributed by atoms with Gasteiger partial charge in [0.25, 0.3) is 0 Å². The van der Waals surface area contributed by atoms with Gasteiger partial charge in [-0.3, -0.25) is 9.59 Å². The van der Waals surface area contributed by atoms with Gasteiger partial charge in [-0.2, -0.15) is 0 Å². The number of hydrogen-bond donors (Lipinski definition) is 2. The predicted molar refractivity (Wildman–Crippen MR) is 106 cm³/mol. The summed E-state index contributed by atoms with van der Waals surface area (Å²) in [5.74, 6) is -0.222. The molecule has 2 N–H and O–H groups in total. The third-order valence-electron chi connectivity index (χ3n) is 4.89. The van der Waals surface area contributed by atoms with Gasteiger partial charge >= 0.3 is 0 Å². The molecule has 0 spiro atoms. The minimum absolute atomic E-state index is 0.236. The minimum atomic E-state index is -0.990. The average Bonchev–Trinajstić information content (AvgIpc) is 3.40. The summed E-state index contributed by atoms with van der Waals surface area (Å²) in [4.78, 5) is 25.6. The number of nitrogens with one attached hydrogen (secondary N) is 2. The predicted octanol–water partition coefficient (Wildman–Crippen LogP) is 5.13. The maximum absolute atomic E-state index is 12.9. The maximum atomic E-state index is 12.9. The van der Waals surface area contributed by atoms with Gasteiger partial charge in [0.1, 0.15) is 5.41 Å². The number of hydrogen-bond acceptors (Lipinski definition) is 2. The average molecular weight is 371 g/mol. The highest BCUT2D eigenvalue weighted by molar-refractivity contribution is 6.30. The Morgan fingerprint density at radius 1 is 1.00 bits per heavy atom. The summed E-state index contributed by atoms with van der Waals surface area (Å²) in [7, 11) is 0. The second-order valence-electron chi connectivity index (χ2n) is 7.19. The monoisotopic (exact) mass is 370 g/mol. The van der Waals surface area contributed by atoms with Gasteiger partial charge in [-0.05, 0) is 61.1 Å². The molecule has 1 saturated carbocycles. The van der Waals surface area contributed by atoms with Crippen LogP contribution < -0.4 is 10.6 Å². The lowest BCUT2D eigenvalue weighted by Crippen LogP contribution is -2.36. The van der Waals surface area contributed by atoms with E-state index in [1.165, 1.54) is 0 Å². The summed E-state index contributed by atoms with van der Waals surface area (Å²) in [6, 6.07) is 12.8. The molecular formula is C21H23ClN2O2. The first kappa shape index (κ1) is 18.5. The van der Waals surface area contributed by atoms with Gasteiger partial charge in [0.05, 0.1) is 0 Å². The normalized spacial score (nSPS) is 14.8. The molecule has 0 bridgehead atoms. The van der Waals surface area contributed by atoms with E-state index in [1.54, 1.807) is 24.3 Å². The zero-order valence-corrected chi connectivity index (χ0v) is 16.0. The molecule has 0 radical (unpaired) electrons. The van der Waals surface area contributed by atoms with Crippen LogP contribution in [0.4, 0.5) is 11.4 Å². The van der Waals surface area contributed by atoms with E-state index >= 15 is 0 Å². The summed E-state index contributed by atoms with van der Waals surface area (Å²) >= 11 is 5.87. The molecule has 1 fully saturated rings. The molecule has 2 aromatic rings. The fraction of sp³-hybridized carbons (Fsp3) is 0.333. The Morgan fingerprint density at radius 2 is 1.62 bits per heavy atom. The molecule has 0 aromatic heterocycles. The van der Waals surface area contributed by atoms with Gasteiger partial charge in [0, 0.05) is 16.4 Å². The second kappa shape index (κ2) is 7.12. The Hall–Kier alpha value is -2.33. The highest BCUT2D eigenvalue weighted by Gasteiger charge is 2.56. The van der Waals surface area contributed by atoms with Crippen LogP contribution in [0.2, 0.25) is 5.02 Å². The number of aryl methyl sites for hydroxylation is 1. The molecule has 26 heavy (non-hydrogen) atoms. The topological polar surface area (TPSA) is 58.2 Å².